The summed E-state index contributed by atoms with van der Waals surface area (Å²) < 4.78 is 10.8. The number of benzene rings is 2. The largest absolute Gasteiger partial charge is 0.497 e. The second-order valence-corrected chi connectivity index (χ2v) is 7.28. The van der Waals surface area contributed by atoms with Crippen molar-refractivity contribution in [1.29, 1.82) is 0 Å². The van der Waals surface area contributed by atoms with Gasteiger partial charge in [-0.3, -0.25) is 0 Å². The molecule has 6 nitrogen and oxygen atoms in total. The summed E-state index contributed by atoms with van der Waals surface area (Å²) in [5, 5.41) is 3.08. The maximum atomic E-state index is 13.0. The molecule has 0 spiro atoms. The summed E-state index contributed by atoms with van der Waals surface area (Å²) in [5.41, 5.74) is 3.99. The van der Waals surface area contributed by atoms with Gasteiger partial charge in [0.2, 0.25) is 0 Å². The molecular formula is C22H29N3O3. The molecule has 2 amide bonds. The number of ether oxygens (including phenoxy) is 2. The number of anilines is 2. The van der Waals surface area contributed by atoms with Crippen molar-refractivity contribution in [3.63, 3.8) is 0 Å². The molecule has 0 aliphatic carbocycles. The van der Waals surface area contributed by atoms with E-state index in [1.807, 2.05) is 61.2 Å². The lowest BCUT2D eigenvalue weighted by Gasteiger charge is -2.27. The Hall–Kier alpha value is -2.89. The number of rotatable bonds is 5. The average molecular weight is 383 g/mol. The third-order valence-electron chi connectivity index (χ3n) is 5.28. The number of aryl methyl sites for hydroxylation is 1. The molecular weight excluding hydrogens is 354 g/mol. The van der Waals surface area contributed by atoms with Gasteiger partial charge in [-0.15, -0.1) is 0 Å². The van der Waals surface area contributed by atoms with Crippen LogP contribution in [0.15, 0.2) is 36.4 Å². The zero-order valence-electron chi connectivity index (χ0n) is 17.3. The number of hydrogen-bond acceptors (Lipinski definition) is 4. The van der Waals surface area contributed by atoms with Crippen LogP contribution in [-0.2, 0) is 0 Å². The maximum absolute atomic E-state index is 13.0. The number of carbonyl (C=O) groups excluding carboxylic acids is 1. The second-order valence-electron chi connectivity index (χ2n) is 7.28. The van der Waals surface area contributed by atoms with Gasteiger partial charge in [0.1, 0.15) is 11.5 Å². The van der Waals surface area contributed by atoms with Gasteiger partial charge >= 0.3 is 6.03 Å². The number of likely N-dealkylation sites (tertiary alicyclic amines) is 1. The number of methoxy groups -OCH3 is 2. The van der Waals surface area contributed by atoms with Gasteiger partial charge in [0.15, 0.2) is 0 Å². The highest BCUT2D eigenvalue weighted by atomic mass is 16.5. The van der Waals surface area contributed by atoms with Gasteiger partial charge in [-0.1, -0.05) is 0 Å². The topological polar surface area (TPSA) is 54.0 Å². The lowest BCUT2D eigenvalue weighted by atomic mass is 10.0. The standard InChI is InChI=1S/C22H29N3O3/c1-15-13-16(24(2)3)8-11-19(15)23-22(26)25-12-6-7-20(25)18-10-9-17(27-4)14-21(18)28-5/h8-11,13-14,20H,6-7,12H2,1-5H3,(H,23,26). The number of hydrogen-bond donors (Lipinski definition) is 1. The quantitative estimate of drug-likeness (QED) is 0.829. The molecule has 3 rings (SSSR count). The number of amides is 2. The van der Waals surface area contributed by atoms with Gasteiger partial charge in [0.25, 0.3) is 0 Å². The van der Waals surface area contributed by atoms with Crippen molar-refractivity contribution in [2.75, 3.05) is 45.1 Å². The monoisotopic (exact) mass is 383 g/mol. The van der Waals surface area contributed by atoms with Crippen molar-refractivity contribution in [1.82, 2.24) is 4.90 Å². The summed E-state index contributed by atoms with van der Waals surface area (Å²) in [4.78, 5) is 17.0. The predicted molar refractivity (Wildman–Crippen MR) is 113 cm³/mol. The molecule has 1 saturated heterocycles. The van der Waals surface area contributed by atoms with Crippen LogP contribution in [0.2, 0.25) is 0 Å². The fourth-order valence-corrected chi connectivity index (χ4v) is 3.68. The van der Waals surface area contributed by atoms with Gasteiger partial charge in [0, 0.05) is 43.6 Å². The Morgan fingerprint density at radius 3 is 2.57 bits per heavy atom. The molecule has 0 saturated carbocycles. The molecule has 0 radical (unpaired) electrons. The van der Waals surface area contributed by atoms with E-state index >= 15 is 0 Å². The van der Waals surface area contributed by atoms with E-state index in [0.29, 0.717) is 0 Å². The summed E-state index contributed by atoms with van der Waals surface area (Å²) >= 11 is 0. The molecule has 6 heteroatoms. The van der Waals surface area contributed by atoms with Gasteiger partial charge in [-0.05, 0) is 55.7 Å². The summed E-state index contributed by atoms with van der Waals surface area (Å²) in [5.74, 6) is 1.49. The summed E-state index contributed by atoms with van der Waals surface area (Å²) in [6, 6.07) is 11.7. The number of carbonyl (C=O) groups is 1. The minimum Gasteiger partial charge on any atom is -0.497 e. The molecule has 2 aromatic carbocycles. The van der Waals surface area contributed by atoms with E-state index in [0.717, 1.165) is 53.4 Å². The molecule has 2 aromatic rings. The van der Waals surface area contributed by atoms with E-state index in [2.05, 4.69) is 11.4 Å². The van der Waals surface area contributed by atoms with Crippen molar-refractivity contribution in [3.8, 4) is 11.5 Å². The van der Waals surface area contributed by atoms with E-state index in [9.17, 15) is 4.79 Å². The van der Waals surface area contributed by atoms with Crippen LogP contribution < -0.4 is 19.7 Å². The Morgan fingerprint density at radius 1 is 1.14 bits per heavy atom. The smallest absolute Gasteiger partial charge is 0.322 e. The first-order chi connectivity index (χ1) is 13.4. The Morgan fingerprint density at radius 2 is 1.93 bits per heavy atom. The van der Waals surface area contributed by atoms with Gasteiger partial charge in [0.05, 0.1) is 20.3 Å². The first-order valence-corrected chi connectivity index (χ1v) is 9.52. The Balaban J connectivity index is 1.80. The molecule has 150 valence electrons. The summed E-state index contributed by atoms with van der Waals surface area (Å²) in [6.45, 7) is 2.73. The first-order valence-electron chi connectivity index (χ1n) is 9.52. The molecule has 28 heavy (non-hydrogen) atoms. The summed E-state index contributed by atoms with van der Waals surface area (Å²) in [7, 11) is 7.29. The van der Waals surface area contributed by atoms with Crippen LogP contribution in [0, 0.1) is 6.92 Å². The number of urea groups is 1. The van der Waals surface area contributed by atoms with Gasteiger partial charge < -0.3 is 24.6 Å². The third kappa shape index (κ3) is 4.01. The van der Waals surface area contributed by atoms with Crippen LogP contribution >= 0.6 is 0 Å². The highest BCUT2D eigenvalue weighted by Crippen LogP contribution is 2.39. The minimum absolute atomic E-state index is 0.0118. The highest BCUT2D eigenvalue weighted by Gasteiger charge is 2.32. The minimum atomic E-state index is -0.0823. The van der Waals surface area contributed by atoms with E-state index in [-0.39, 0.29) is 12.1 Å². The second kappa shape index (κ2) is 8.42. The number of nitrogens with one attached hydrogen (secondary N) is 1. The molecule has 1 atom stereocenters. The van der Waals surface area contributed by atoms with Crippen LogP contribution in [0.3, 0.4) is 0 Å². The molecule has 0 aromatic heterocycles. The van der Waals surface area contributed by atoms with Crippen molar-refractivity contribution in [3.05, 3.63) is 47.5 Å². The molecule has 1 unspecified atom stereocenters. The van der Waals surface area contributed by atoms with Gasteiger partial charge in [-0.25, -0.2) is 4.79 Å². The van der Waals surface area contributed by atoms with Crippen LogP contribution in [0.5, 0.6) is 11.5 Å². The van der Waals surface area contributed by atoms with Crippen molar-refractivity contribution in [2.24, 2.45) is 0 Å². The van der Waals surface area contributed by atoms with Crippen molar-refractivity contribution >= 4 is 17.4 Å². The molecule has 1 aliphatic heterocycles. The van der Waals surface area contributed by atoms with Crippen LogP contribution in [0.4, 0.5) is 16.2 Å². The van der Waals surface area contributed by atoms with E-state index in [4.69, 9.17) is 9.47 Å². The van der Waals surface area contributed by atoms with Crippen molar-refractivity contribution in [2.45, 2.75) is 25.8 Å². The van der Waals surface area contributed by atoms with Crippen molar-refractivity contribution < 1.29 is 14.3 Å². The number of nitrogens with zero attached hydrogens (tertiary/aromatic N) is 2. The maximum Gasteiger partial charge on any atom is 0.322 e. The fraction of sp³-hybridized carbons (Fsp3) is 0.409. The van der Waals surface area contributed by atoms with E-state index in [1.165, 1.54) is 0 Å². The zero-order valence-corrected chi connectivity index (χ0v) is 17.3. The SMILES string of the molecule is COc1ccc(C2CCCN2C(=O)Nc2ccc(N(C)C)cc2C)c(OC)c1. The van der Waals surface area contributed by atoms with Gasteiger partial charge in [-0.2, -0.15) is 0 Å². The van der Waals surface area contributed by atoms with E-state index in [1.54, 1.807) is 14.2 Å². The van der Waals surface area contributed by atoms with Crippen LogP contribution in [0.25, 0.3) is 0 Å². The van der Waals surface area contributed by atoms with Crippen LogP contribution in [-0.4, -0.2) is 45.8 Å². The first kappa shape index (κ1) is 19.9. The molecule has 0 bridgehead atoms. The molecule has 1 N–H and O–H groups in total. The van der Waals surface area contributed by atoms with Crippen LogP contribution in [0.1, 0.15) is 30.0 Å². The van der Waals surface area contributed by atoms with E-state index < -0.39 is 0 Å². The fourth-order valence-electron chi connectivity index (χ4n) is 3.68. The lowest BCUT2D eigenvalue weighted by Crippen LogP contribution is -2.34. The normalized spacial score (nSPS) is 16.0. The predicted octanol–water partition coefficient (Wildman–Crippen LogP) is 4.45. The Labute approximate surface area is 167 Å². The molecule has 1 fully saturated rings. The lowest BCUT2D eigenvalue weighted by molar-refractivity contribution is 0.206. The Bertz CT molecular complexity index is 851. The average Bonchev–Trinajstić information content (AvgIpc) is 3.18. The Kier molecular flexibility index (Phi) is 5.97. The molecule has 1 heterocycles. The zero-order chi connectivity index (χ0) is 20.3. The third-order valence-corrected chi connectivity index (χ3v) is 5.28. The highest BCUT2D eigenvalue weighted by molar-refractivity contribution is 5.91. The summed E-state index contributed by atoms with van der Waals surface area (Å²) in [6.07, 6.45) is 1.88. The molecule has 1 aliphatic rings.